The first kappa shape index (κ1) is 21.7. The summed E-state index contributed by atoms with van der Waals surface area (Å²) >= 11 is 0. The van der Waals surface area contributed by atoms with E-state index in [1.165, 1.54) is 13.2 Å². The van der Waals surface area contributed by atoms with Gasteiger partial charge in [0.05, 0.1) is 7.11 Å². The third-order valence-electron chi connectivity index (χ3n) is 5.54. The average molecular weight is 413 g/mol. The number of methoxy groups -OCH3 is 1. The maximum absolute atomic E-state index is 14.4. The summed E-state index contributed by atoms with van der Waals surface area (Å²) < 4.78 is 19.5. The van der Waals surface area contributed by atoms with Crippen LogP contribution in [0.1, 0.15) is 43.2 Å². The van der Waals surface area contributed by atoms with Crippen LogP contribution in [0.3, 0.4) is 0 Å². The second-order valence-corrected chi connectivity index (χ2v) is 7.78. The minimum Gasteiger partial charge on any atom is -0.497 e. The van der Waals surface area contributed by atoms with Gasteiger partial charge in [0.25, 0.3) is 0 Å². The van der Waals surface area contributed by atoms with Crippen molar-refractivity contribution in [1.82, 2.24) is 15.6 Å². The van der Waals surface area contributed by atoms with E-state index >= 15 is 0 Å². The minimum absolute atomic E-state index is 0.0548. The molecule has 1 aromatic carbocycles. The fourth-order valence-corrected chi connectivity index (χ4v) is 3.85. The summed E-state index contributed by atoms with van der Waals surface area (Å²) in [5, 5.41) is 5.92. The Balaban J connectivity index is 1.51. The molecule has 1 aromatic heterocycles. The minimum atomic E-state index is -0.598. The van der Waals surface area contributed by atoms with E-state index in [1.54, 1.807) is 18.3 Å². The molecule has 0 radical (unpaired) electrons. The molecule has 0 aliphatic carbocycles. The number of hydrogen-bond donors (Lipinski definition) is 2. The second-order valence-electron chi connectivity index (χ2n) is 7.78. The van der Waals surface area contributed by atoms with Crippen LogP contribution in [0.15, 0.2) is 42.7 Å². The van der Waals surface area contributed by atoms with E-state index in [4.69, 9.17) is 4.74 Å². The van der Waals surface area contributed by atoms with Crippen LogP contribution in [0.4, 0.5) is 4.39 Å². The number of amides is 2. The van der Waals surface area contributed by atoms with Gasteiger partial charge in [0.1, 0.15) is 11.6 Å². The van der Waals surface area contributed by atoms with Crippen LogP contribution in [-0.4, -0.2) is 36.0 Å². The summed E-state index contributed by atoms with van der Waals surface area (Å²) in [4.78, 5) is 28.3. The third-order valence-corrected chi connectivity index (χ3v) is 5.54. The molecule has 1 fully saturated rings. The van der Waals surface area contributed by atoms with Gasteiger partial charge in [-0.2, -0.15) is 0 Å². The number of hydrogen-bond acceptors (Lipinski definition) is 4. The van der Waals surface area contributed by atoms with Gasteiger partial charge in [-0.25, -0.2) is 4.39 Å². The maximum atomic E-state index is 14.4. The number of benzene rings is 1. The molecule has 3 rings (SSSR count). The third kappa shape index (κ3) is 6.02. The number of carbonyl (C=O) groups is 2. The summed E-state index contributed by atoms with van der Waals surface area (Å²) in [6.07, 6.45) is 7.33. The van der Waals surface area contributed by atoms with Crippen molar-refractivity contribution in [3.63, 3.8) is 0 Å². The Bertz CT molecular complexity index is 875. The molecule has 30 heavy (non-hydrogen) atoms. The monoisotopic (exact) mass is 413 g/mol. The lowest BCUT2D eigenvalue weighted by Gasteiger charge is -2.29. The summed E-state index contributed by atoms with van der Waals surface area (Å²) in [6.45, 7) is 0.584. The SMILES string of the molecule is COc1ccc(C[C@]2(CCC(=O)NCCCc3cccnc3)CCC(=O)N2)c(F)c1. The Labute approximate surface area is 176 Å². The molecule has 160 valence electrons. The Morgan fingerprint density at radius 1 is 1.37 bits per heavy atom. The number of ether oxygens (including phenoxy) is 1. The first-order valence-electron chi connectivity index (χ1n) is 10.3. The van der Waals surface area contributed by atoms with Gasteiger partial charge < -0.3 is 15.4 Å². The van der Waals surface area contributed by atoms with Gasteiger partial charge in [0.2, 0.25) is 11.8 Å². The van der Waals surface area contributed by atoms with E-state index in [0.717, 1.165) is 18.4 Å². The zero-order valence-corrected chi connectivity index (χ0v) is 17.2. The number of rotatable bonds is 10. The summed E-state index contributed by atoms with van der Waals surface area (Å²) in [5.74, 6) is -0.0288. The van der Waals surface area contributed by atoms with Crippen LogP contribution in [-0.2, 0) is 22.4 Å². The van der Waals surface area contributed by atoms with Crippen LogP contribution in [0.2, 0.25) is 0 Å². The molecule has 6 nitrogen and oxygen atoms in total. The first-order chi connectivity index (χ1) is 14.5. The lowest BCUT2D eigenvalue weighted by atomic mass is 9.84. The van der Waals surface area contributed by atoms with Gasteiger partial charge in [0.15, 0.2) is 0 Å². The molecule has 1 saturated heterocycles. The van der Waals surface area contributed by atoms with Gasteiger partial charge >= 0.3 is 0 Å². The molecule has 2 aromatic rings. The molecular formula is C23H28FN3O3. The molecule has 1 aliphatic rings. The smallest absolute Gasteiger partial charge is 0.220 e. The maximum Gasteiger partial charge on any atom is 0.220 e. The average Bonchev–Trinajstić information content (AvgIpc) is 3.12. The molecule has 2 heterocycles. The molecule has 2 N–H and O–H groups in total. The van der Waals surface area contributed by atoms with Crippen LogP contribution < -0.4 is 15.4 Å². The molecule has 0 saturated carbocycles. The normalized spacial score (nSPS) is 18.1. The Hall–Kier alpha value is -2.96. The molecule has 0 bridgehead atoms. The van der Waals surface area contributed by atoms with E-state index in [2.05, 4.69) is 15.6 Å². The zero-order valence-electron chi connectivity index (χ0n) is 17.2. The summed E-state index contributed by atoms with van der Waals surface area (Å²) in [5.41, 5.74) is 1.05. The number of aromatic nitrogens is 1. The topological polar surface area (TPSA) is 80.3 Å². The molecule has 0 unspecified atom stereocenters. The van der Waals surface area contributed by atoms with Crippen molar-refractivity contribution in [2.45, 2.75) is 50.5 Å². The van der Waals surface area contributed by atoms with E-state index in [-0.39, 0.29) is 24.1 Å². The van der Waals surface area contributed by atoms with Gasteiger partial charge in [-0.05, 0) is 55.4 Å². The first-order valence-corrected chi connectivity index (χ1v) is 10.3. The van der Waals surface area contributed by atoms with Crippen molar-refractivity contribution in [2.75, 3.05) is 13.7 Å². The molecular weight excluding hydrogens is 385 g/mol. The Morgan fingerprint density at radius 2 is 2.23 bits per heavy atom. The molecule has 1 atom stereocenters. The highest BCUT2D eigenvalue weighted by Gasteiger charge is 2.38. The number of nitrogens with one attached hydrogen (secondary N) is 2. The number of carbonyl (C=O) groups excluding carboxylic acids is 2. The lowest BCUT2D eigenvalue weighted by molar-refractivity contribution is -0.122. The lowest BCUT2D eigenvalue weighted by Crippen LogP contribution is -2.44. The molecule has 0 spiro atoms. The fraction of sp³-hybridized carbons (Fsp3) is 0.435. The van der Waals surface area contributed by atoms with Gasteiger partial charge in [-0.15, -0.1) is 0 Å². The fourth-order valence-electron chi connectivity index (χ4n) is 3.85. The van der Waals surface area contributed by atoms with Crippen molar-refractivity contribution in [3.05, 3.63) is 59.7 Å². The Kier molecular flexibility index (Phi) is 7.38. The van der Waals surface area contributed by atoms with E-state index < -0.39 is 5.54 Å². The zero-order chi connectivity index (χ0) is 21.4. The largest absolute Gasteiger partial charge is 0.497 e. The highest BCUT2D eigenvalue weighted by atomic mass is 19.1. The molecule has 1 aliphatic heterocycles. The number of pyridine rings is 1. The number of aryl methyl sites for hydroxylation is 1. The van der Waals surface area contributed by atoms with Gasteiger partial charge in [-0.3, -0.25) is 14.6 Å². The van der Waals surface area contributed by atoms with Gasteiger partial charge in [-0.1, -0.05) is 12.1 Å². The van der Waals surface area contributed by atoms with Crippen molar-refractivity contribution in [2.24, 2.45) is 0 Å². The van der Waals surface area contributed by atoms with Crippen molar-refractivity contribution in [3.8, 4) is 5.75 Å². The van der Waals surface area contributed by atoms with Crippen LogP contribution in [0.5, 0.6) is 5.75 Å². The van der Waals surface area contributed by atoms with E-state index in [1.807, 2.05) is 18.3 Å². The van der Waals surface area contributed by atoms with Crippen LogP contribution in [0, 0.1) is 5.82 Å². The van der Waals surface area contributed by atoms with Crippen LogP contribution in [0.25, 0.3) is 0 Å². The molecule has 2 amide bonds. The van der Waals surface area contributed by atoms with Crippen molar-refractivity contribution < 1.29 is 18.7 Å². The van der Waals surface area contributed by atoms with Crippen molar-refractivity contribution >= 4 is 11.8 Å². The van der Waals surface area contributed by atoms with E-state index in [9.17, 15) is 14.0 Å². The van der Waals surface area contributed by atoms with Gasteiger partial charge in [0, 0.05) is 43.4 Å². The molecule has 7 heteroatoms. The standard InChI is InChI=1S/C23H28FN3O3/c1-30-19-7-6-18(20(24)14-19)15-23(11-9-22(29)27-23)10-8-21(28)26-13-3-5-17-4-2-12-25-16-17/h2,4,6-7,12,14,16H,3,5,8-11,13,15H2,1H3,(H,26,28)(H,27,29)/t23-/m0/s1. The second kappa shape index (κ2) is 10.2. The van der Waals surface area contributed by atoms with E-state index in [0.29, 0.717) is 43.5 Å². The summed E-state index contributed by atoms with van der Waals surface area (Å²) in [6, 6.07) is 8.64. The van der Waals surface area contributed by atoms with Crippen LogP contribution >= 0.6 is 0 Å². The Morgan fingerprint density at radius 3 is 2.90 bits per heavy atom. The predicted octanol–water partition coefficient (Wildman–Crippen LogP) is 2.95. The quantitative estimate of drug-likeness (QED) is 0.587. The number of nitrogens with zero attached hydrogens (tertiary/aromatic N) is 1. The number of halogens is 1. The highest BCUT2D eigenvalue weighted by Crippen LogP contribution is 2.31. The predicted molar refractivity (Wildman–Crippen MR) is 112 cm³/mol. The van der Waals surface area contributed by atoms with Crippen molar-refractivity contribution in [1.29, 1.82) is 0 Å². The summed E-state index contributed by atoms with van der Waals surface area (Å²) in [7, 11) is 1.49. The highest BCUT2D eigenvalue weighted by molar-refractivity contribution is 5.80.